The predicted octanol–water partition coefficient (Wildman–Crippen LogP) is 2.19. The van der Waals surface area contributed by atoms with E-state index in [0.717, 1.165) is 0 Å². The van der Waals surface area contributed by atoms with Gasteiger partial charge in [0.05, 0.1) is 11.7 Å². The van der Waals surface area contributed by atoms with Crippen molar-refractivity contribution in [2.24, 2.45) is 0 Å². The molecule has 154 valence electrons. The van der Waals surface area contributed by atoms with E-state index in [1.807, 2.05) is 6.07 Å². The molecule has 0 spiro atoms. The molecule has 0 fully saturated rings. The number of aromatic nitrogens is 2. The average Bonchev–Trinajstić information content (AvgIpc) is 2.75. The number of rotatable bonds is 7. The summed E-state index contributed by atoms with van der Waals surface area (Å²) in [4.78, 5) is 41.5. The quantitative estimate of drug-likeness (QED) is 0.627. The summed E-state index contributed by atoms with van der Waals surface area (Å²) in [7, 11) is 0. The summed E-state index contributed by atoms with van der Waals surface area (Å²) in [5.41, 5.74) is 0.746. The van der Waals surface area contributed by atoms with Crippen molar-refractivity contribution in [1.29, 1.82) is 0 Å². The van der Waals surface area contributed by atoms with Gasteiger partial charge in [-0.15, -0.1) is 0 Å². The van der Waals surface area contributed by atoms with Crippen LogP contribution in [0, 0.1) is 5.82 Å². The molecular formula is C22H21FN4O3. The monoisotopic (exact) mass is 408 g/mol. The van der Waals surface area contributed by atoms with E-state index in [4.69, 9.17) is 0 Å². The van der Waals surface area contributed by atoms with Crippen molar-refractivity contribution >= 4 is 11.8 Å². The van der Waals surface area contributed by atoms with Crippen LogP contribution in [-0.4, -0.2) is 21.4 Å². The van der Waals surface area contributed by atoms with E-state index in [1.54, 1.807) is 37.4 Å². The van der Waals surface area contributed by atoms with Crippen LogP contribution >= 0.6 is 0 Å². The fourth-order valence-electron chi connectivity index (χ4n) is 2.86. The highest BCUT2D eigenvalue weighted by molar-refractivity contribution is 5.93. The van der Waals surface area contributed by atoms with Gasteiger partial charge in [-0.3, -0.25) is 19.4 Å². The molecule has 30 heavy (non-hydrogen) atoms. The lowest BCUT2D eigenvalue weighted by Crippen LogP contribution is -2.37. The SMILES string of the molecule is C[C@@H](NC(=O)Cn1cccc(C(=O)NCc2ccc(F)cc2)c1=O)c1ccccn1. The summed E-state index contributed by atoms with van der Waals surface area (Å²) in [6.45, 7) is 1.72. The predicted molar refractivity (Wildman–Crippen MR) is 109 cm³/mol. The smallest absolute Gasteiger partial charge is 0.263 e. The zero-order valence-electron chi connectivity index (χ0n) is 16.3. The third-order valence-electron chi connectivity index (χ3n) is 4.45. The third kappa shape index (κ3) is 5.38. The number of carbonyl (C=O) groups is 2. The average molecular weight is 408 g/mol. The van der Waals surface area contributed by atoms with Crippen LogP contribution in [0.4, 0.5) is 4.39 Å². The Hall–Kier alpha value is -3.81. The number of nitrogens with one attached hydrogen (secondary N) is 2. The van der Waals surface area contributed by atoms with E-state index >= 15 is 0 Å². The summed E-state index contributed by atoms with van der Waals surface area (Å²) in [5.74, 6) is -1.31. The Bertz CT molecular complexity index is 1080. The molecule has 0 aliphatic rings. The van der Waals surface area contributed by atoms with E-state index in [-0.39, 0.29) is 36.4 Å². The van der Waals surface area contributed by atoms with Gasteiger partial charge in [0, 0.05) is 18.9 Å². The van der Waals surface area contributed by atoms with E-state index < -0.39 is 11.5 Å². The van der Waals surface area contributed by atoms with Crippen LogP contribution in [0.25, 0.3) is 0 Å². The van der Waals surface area contributed by atoms with Gasteiger partial charge in [-0.2, -0.15) is 0 Å². The minimum Gasteiger partial charge on any atom is -0.348 e. The van der Waals surface area contributed by atoms with Gasteiger partial charge in [-0.25, -0.2) is 4.39 Å². The van der Waals surface area contributed by atoms with Crippen molar-refractivity contribution in [2.45, 2.75) is 26.1 Å². The highest BCUT2D eigenvalue weighted by atomic mass is 19.1. The van der Waals surface area contributed by atoms with E-state index in [1.165, 1.54) is 35.0 Å². The lowest BCUT2D eigenvalue weighted by atomic mass is 10.2. The molecule has 3 rings (SSSR count). The summed E-state index contributed by atoms with van der Waals surface area (Å²) >= 11 is 0. The minimum atomic E-state index is -0.574. The highest BCUT2D eigenvalue weighted by Gasteiger charge is 2.15. The van der Waals surface area contributed by atoms with Crippen molar-refractivity contribution in [3.05, 3.63) is 100.0 Å². The molecule has 2 aromatic heterocycles. The summed E-state index contributed by atoms with van der Waals surface area (Å²) < 4.78 is 14.1. The maximum atomic E-state index is 13.0. The van der Waals surface area contributed by atoms with Gasteiger partial charge in [-0.1, -0.05) is 18.2 Å². The molecule has 2 heterocycles. The molecule has 0 unspecified atom stereocenters. The first-order valence-corrected chi connectivity index (χ1v) is 9.36. The van der Waals surface area contributed by atoms with Crippen molar-refractivity contribution < 1.29 is 14.0 Å². The van der Waals surface area contributed by atoms with Crippen LogP contribution in [0.3, 0.4) is 0 Å². The van der Waals surface area contributed by atoms with E-state index in [0.29, 0.717) is 11.3 Å². The molecule has 3 aromatic rings. The Morgan fingerprint density at radius 2 is 1.87 bits per heavy atom. The summed E-state index contributed by atoms with van der Waals surface area (Å²) in [5, 5.41) is 5.41. The van der Waals surface area contributed by atoms with Gasteiger partial charge in [0.1, 0.15) is 17.9 Å². The molecule has 0 saturated heterocycles. The Kier molecular flexibility index (Phi) is 6.69. The van der Waals surface area contributed by atoms with Gasteiger partial charge in [0.15, 0.2) is 0 Å². The van der Waals surface area contributed by atoms with Gasteiger partial charge < -0.3 is 15.2 Å². The van der Waals surface area contributed by atoms with Crippen LogP contribution in [-0.2, 0) is 17.9 Å². The van der Waals surface area contributed by atoms with Crippen LogP contribution in [0.15, 0.2) is 71.8 Å². The Balaban J connectivity index is 1.63. The highest BCUT2D eigenvalue weighted by Crippen LogP contribution is 2.07. The van der Waals surface area contributed by atoms with Gasteiger partial charge in [0.2, 0.25) is 5.91 Å². The maximum absolute atomic E-state index is 13.0. The van der Waals surface area contributed by atoms with Crippen molar-refractivity contribution in [3.8, 4) is 0 Å². The molecule has 8 heteroatoms. The van der Waals surface area contributed by atoms with Gasteiger partial charge in [0.25, 0.3) is 11.5 Å². The number of carbonyl (C=O) groups excluding carboxylic acids is 2. The summed E-state index contributed by atoms with van der Waals surface area (Å²) in [6, 6.07) is 13.7. The van der Waals surface area contributed by atoms with Crippen LogP contribution in [0.2, 0.25) is 0 Å². The number of amides is 2. The van der Waals surface area contributed by atoms with E-state index in [2.05, 4.69) is 15.6 Å². The number of hydrogen-bond acceptors (Lipinski definition) is 4. The van der Waals surface area contributed by atoms with E-state index in [9.17, 15) is 18.8 Å². The summed E-state index contributed by atoms with van der Waals surface area (Å²) in [6.07, 6.45) is 3.08. The maximum Gasteiger partial charge on any atom is 0.263 e. The first-order valence-electron chi connectivity index (χ1n) is 9.36. The standard InChI is InChI=1S/C22H21FN4O3/c1-15(19-6-2-3-11-24-19)26-20(28)14-27-12-4-5-18(22(27)30)21(29)25-13-16-7-9-17(23)10-8-16/h2-12,15H,13-14H2,1H3,(H,25,29)(H,26,28)/t15-/m1/s1. The topological polar surface area (TPSA) is 93.1 Å². The lowest BCUT2D eigenvalue weighted by molar-refractivity contribution is -0.122. The fourth-order valence-corrected chi connectivity index (χ4v) is 2.86. The van der Waals surface area contributed by atoms with Crippen LogP contribution in [0.5, 0.6) is 0 Å². The number of halogens is 1. The van der Waals surface area contributed by atoms with Crippen LogP contribution < -0.4 is 16.2 Å². The first-order chi connectivity index (χ1) is 14.4. The fraction of sp³-hybridized carbons (Fsp3) is 0.182. The van der Waals surface area contributed by atoms with Crippen LogP contribution in [0.1, 0.15) is 34.6 Å². The molecule has 2 N–H and O–H groups in total. The second-order valence-corrected chi connectivity index (χ2v) is 6.71. The largest absolute Gasteiger partial charge is 0.348 e. The Morgan fingerprint density at radius 1 is 1.10 bits per heavy atom. The molecule has 7 nitrogen and oxygen atoms in total. The van der Waals surface area contributed by atoms with Crippen molar-refractivity contribution in [3.63, 3.8) is 0 Å². The molecule has 1 atom stereocenters. The second-order valence-electron chi connectivity index (χ2n) is 6.71. The first kappa shape index (κ1) is 20.9. The third-order valence-corrected chi connectivity index (χ3v) is 4.45. The molecule has 1 aromatic carbocycles. The van der Waals surface area contributed by atoms with Crippen molar-refractivity contribution in [2.75, 3.05) is 0 Å². The van der Waals surface area contributed by atoms with Gasteiger partial charge >= 0.3 is 0 Å². The molecule has 0 saturated carbocycles. The molecule has 0 radical (unpaired) electrons. The molecule has 2 amide bonds. The normalized spacial score (nSPS) is 11.5. The number of hydrogen-bond donors (Lipinski definition) is 2. The number of benzene rings is 1. The number of pyridine rings is 2. The molecular weight excluding hydrogens is 387 g/mol. The Morgan fingerprint density at radius 3 is 2.57 bits per heavy atom. The van der Waals surface area contributed by atoms with Gasteiger partial charge in [-0.05, 0) is 48.9 Å². The zero-order valence-corrected chi connectivity index (χ0v) is 16.3. The Labute approximate surface area is 172 Å². The van der Waals surface area contributed by atoms with Crippen molar-refractivity contribution in [1.82, 2.24) is 20.2 Å². The number of nitrogens with zero attached hydrogens (tertiary/aromatic N) is 2. The second kappa shape index (κ2) is 9.60. The lowest BCUT2D eigenvalue weighted by Gasteiger charge is -2.14. The molecule has 0 aliphatic heterocycles. The molecule has 0 aliphatic carbocycles. The zero-order chi connectivity index (χ0) is 21.5. The molecule has 0 bridgehead atoms. The minimum absolute atomic E-state index is 0.0785.